The zero-order valence-electron chi connectivity index (χ0n) is 9.01. The van der Waals surface area contributed by atoms with Crippen molar-refractivity contribution in [2.75, 3.05) is 6.54 Å². The molecule has 0 saturated heterocycles. The Bertz CT molecular complexity index is 433. The minimum Gasteiger partial charge on any atom is -0.304 e. The van der Waals surface area contributed by atoms with Crippen LogP contribution in [-0.2, 0) is 7.05 Å². The third kappa shape index (κ3) is 2.16. The van der Waals surface area contributed by atoms with Crippen LogP contribution in [0.3, 0.4) is 0 Å². The number of nitrogens with one attached hydrogen (secondary N) is 1. The van der Waals surface area contributed by atoms with Gasteiger partial charge in [-0.05, 0) is 22.5 Å². The van der Waals surface area contributed by atoms with Crippen molar-refractivity contribution in [1.82, 2.24) is 23.8 Å². The summed E-state index contributed by atoms with van der Waals surface area (Å²) in [5.74, 6) is 0. The fraction of sp³-hybridized carbons (Fsp3) is 0.444. The van der Waals surface area contributed by atoms with E-state index in [0.29, 0.717) is 0 Å². The molecule has 86 valence electrons. The molecule has 2 aromatic rings. The van der Waals surface area contributed by atoms with Crippen molar-refractivity contribution in [2.45, 2.75) is 13.0 Å². The smallest absolute Gasteiger partial charge is 0.0974 e. The molecule has 0 fully saturated rings. The van der Waals surface area contributed by atoms with E-state index in [9.17, 15) is 0 Å². The molecule has 0 aliphatic heterocycles. The van der Waals surface area contributed by atoms with Crippen LogP contribution in [0.5, 0.6) is 0 Å². The van der Waals surface area contributed by atoms with Gasteiger partial charge in [-0.3, -0.25) is 4.68 Å². The van der Waals surface area contributed by atoms with Crippen LogP contribution in [0.4, 0.5) is 0 Å². The van der Waals surface area contributed by atoms with Crippen LogP contribution < -0.4 is 5.32 Å². The van der Waals surface area contributed by atoms with E-state index in [1.54, 1.807) is 12.4 Å². The lowest BCUT2D eigenvalue weighted by atomic mass is 10.1. The SMILES string of the molecule is CCNC(c1cnsn1)c1c(Br)cnn1C. The Hall–Kier alpha value is -0.790. The second kappa shape index (κ2) is 5.03. The summed E-state index contributed by atoms with van der Waals surface area (Å²) in [6.45, 7) is 2.93. The Morgan fingerprint density at radius 2 is 2.38 bits per heavy atom. The number of halogens is 1. The molecule has 0 spiro atoms. The highest BCUT2D eigenvalue weighted by Crippen LogP contribution is 2.26. The molecule has 0 aliphatic rings. The highest BCUT2D eigenvalue weighted by molar-refractivity contribution is 9.10. The van der Waals surface area contributed by atoms with Crippen molar-refractivity contribution in [1.29, 1.82) is 0 Å². The number of aryl methyl sites for hydroxylation is 1. The lowest BCUT2D eigenvalue weighted by molar-refractivity contribution is 0.563. The predicted molar refractivity (Wildman–Crippen MR) is 66.3 cm³/mol. The molecule has 0 aliphatic carbocycles. The molecule has 16 heavy (non-hydrogen) atoms. The highest BCUT2D eigenvalue weighted by Gasteiger charge is 2.21. The zero-order chi connectivity index (χ0) is 11.5. The fourth-order valence-corrected chi connectivity index (χ4v) is 2.62. The summed E-state index contributed by atoms with van der Waals surface area (Å²) < 4.78 is 11.1. The normalized spacial score (nSPS) is 12.9. The van der Waals surface area contributed by atoms with E-state index in [4.69, 9.17) is 0 Å². The van der Waals surface area contributed by atoms with E-state index in [2.05, 4.69) is 42.0 Å². The van der Waals surface area contributed by atoms with Gasteiger partial charge in [-0.15, -0.1) is 0 Å². The summed E-state index contributed by atoms with van der Waals surface area (Å²) >= 11 is 4.72. The van der Waals surface area contributed by atoms with E-state index in [0.717, 1.165) is 22.4 Å². The van der Waals surface area contributed by atoms with Gasteiger partial charge in [-0.2, -0.15) is 13.8 Å². The van der Waals surface area contributed by atoms with E-state index in [1.165, 1.54) is 11.7 Å². The van der Waals surface area contributed by atoms with E-state index in [-0.39, 0.29) is 6.04 Å². The number of hydrogen-bond acceptors (Lipinski definition) is 5. The lowest BCUT2D eigenvalue weighted by Crippen LogP contribution is -2.24. The van der Waals surface area contributed by atoms with Crippen LogP contribution >= 0.6 is 27.7 Å². The number of hydrogen-bond donors (Lipinski definition) is 1. The molecule has 1 atom stereocenters. The summed E-state index contributed by atoms with van der Waals surface area (Å²) in [6, 6.07) is 0.0330. The largest absolute Gasteiger partial charge is 0.304 e. The number of nitrogens with zero attached hydrogens (tertiary/aromatic N) is 4. The minimum atomic E-state index is 0.0330. The molecule has 1 N–H and O–H groups in total. The van der Waals surface area contributed by atoms with E-state index < -0.39 is 0 Å². The third-order valence-electron chi connectivity index (χ3n) is 2.29. The van der Waals surface area contributed by atoms with E-state index >= 15 is 0 Å². The van der Waals surface area contributed by atoms with Crippen molar-refractivity contribution in [2.24, 2.45) is 7.05 Å². The topological polar surface area (TPSA) is 55.6 Å². The summed E-state index contributed by atoms with van der Waals surface area (Å²) in [4.78, 5) is 0. The Morgan fingerprint density at radius 1 is 1.56 bits per heavy atom. The third-order valence-corrected chi connectivity index (χ3v) is 3.40. The molecular formula is C9H12BrN5S. The van der Waals surface area contributed by atoms with Gasteiger partial charge in [0.1, 0.15) is 0 Å². The van der Waals surface area contributed by atoms with Crippen LogP contribution in [-0.4, -0.2) is 25.1 Å². The molecule has 0 amide bonds. The first-order chi connectivity index (χ1) is 7.74. The molecule has 7 heteroatoms. The van der Waals surface area contributed by atoms with Crippen molar-refractivity contribution in [3.63, 3.8) is 0 Å². The fourth-order valence-electron chi connectivity index (χ4n) is 1.59. The van der Waals surface area contributed by atoms with Gasteiger partial charge in [0, 0.05) is 7.05 Å². The molecule has 0 radical (unpaired) electrons. The van der Waals surface area contributed by atoms with Crippen LogP contribution in [0, 0.1) is 0 Å². The quantitative estimate of drug-likeness (QED) is 0.934. The monoisotopic (exact) mass is 301 g/mol. The van der Waals surface area contributed by atoms with Gasteiger partial charge < -0.3 is 5.32 Å². The van der Waals surface area contributed by atoms with Crippen LogP contribution in [0.15, 0.2) is 16.9 Å². The molecule has 0 bridgehead atoms. The molecule has 2 heterocycles. The standard InChI is InChI=1S/C9H12BrN5S/c1-3-11-8(7-5-13-16-14-7)9-6(10)4-12-15(9)2/h4-5,8,11H,3H2,1-2H3. The number of aromatic nitrogens is 4. The zero-order valence-corrected chi connectivity index (χ0v) is 11.4. The highest BCUT2D eigenvalue weighted by atomic mass is 79.9. The summed E-state index contributed by atoms with van der Waals surface area (Å²) in [5, 5.41) is 7.60. The molecule has 2 aromatic heterocycles. The van der Waals surface area contributed by atoms with Crippen LogP contribution in [0.25, 0.3) is 0 Å². The Balaban J connectivity index is 2.40. The molecule has 5 nitrogen and oxygen atoms in total. The van der Waals surface area contributed by atoms with Gasteiger partial charge in [0.05, 0.1) is 46.0 Å². The Labute approximate surface area is 106 Å². The van der Waals surface area contributed by atoms with Crippen molar-refractivity contribution in [3.8, 4) is 0 Å². The first kappa shape index (κ1) is 11.7. The maximum atomic E-state index is 4.28. The molecule has 0 aromatic carbocycles. The van der Waals surface area contributed by atoms with Gasteiger partial charge in [0.15, 0.2) is 0 Å². The average molecular weight is 302 g/mol. The Kier molecular flexibility index (Phi) is 3.67. The van der Waals surface area contributed by atoms with Gasteiger partial charge in [-0.25, -0.2) is 0 Å². The minimum absolute atomic E-state index is 0.0330. The maximum Gasteiger partial charge on any atom is 0.0974 e. The molecular weight excluding hydrogens is 290 g/mol. The molecule has 1 unspecified atom stereocenters. The van der Waals surface area contributed by atoms with Gasteiger partial charge in [0.25, 0.3) is 0 Å². The molecule has 0 saturated carbocycles. The molecule has 2 rings (SSSR count). The lowest BCUT2D eigenvalue weighted by Gasteiger charge is -2.16. The van der Waals surface area contributed by atoms with Gasteiger partial charge in [-0.1, -0.05) is 6.92 Å². The first-order valence-electron chi connectivity index (χ1n) is 4.92. The predicted octanol–water partition coefficient (Wildman–Crippen LogP) is 1.73. The van der Waals surface area contributed by atoms with Gasteiger partial charge >= 0.3 is 0 Å². The second-order valence-electron chi connectivity index (χ2n) is 3.32. The van der Waals surface area contributed by atoms with Crippen LogP contribution in [0.1, 0.15) is 24.4 Å². The average Bonchev–Trinajstić information content (AvgIpc) is 2.87. The first-order valence-corrected chi connectivity index (χ1v) is 6.44. The maximum absolute atomic E-state index is 4.28. The number of rotatable bonds is 4. The Morgan fingerprint density at radius 3 is 2.88 bits per heavy atom. The van der Waals surface area contributed by atoms with Crippen molar-refractivity contribution >= 4 is 27.7 Å². The van der Waals surface area contributed by atoms with Crippen LogP contribution in [0.2, 0.25) is 0 Å². The van der Waals surface area contributed by atoms with Crippen molar-refractivity contribution < 1.29 is 0 Å². The van der Waals surface area contributed by atoms with E-state index in [1.807, 2.05) is 11.7 Å². The summed E-state index contributed by atoms with van der Waals surface area (Å²) in [7, 11) is 1.92. The van der Waals surface area contributed by atoms with Crippen molar-refractivity contribution in [3.05, 3.63) is 28.3 Å². The summed E-state index contributed by atoms with van der Waals surface area (Å²) in [6.07, 6.45) is 3.58. The summed E-state index contributed by atoms with van der Waals surface area (Å²) in [5.41, 5.74) is 1.99. The van der Waals surface area contributed by atoms with Gasteiger partial charge in [0.2, 0.25) is 0 Å². The second-order valence-corrected chi connectivity index (χ2v) is 4.74.